The van der Waals surface area contributed by atoms with Crippen LogP contribution in [0.2, 0.25) is 0 Å². The molecule has 1 aromatic heterocycles. The third kappa shape index (κ3) is 1.65. The van der Waals surface area contributed by atoms with E-state index < -0.39 is 4.92 Å². The second kappa shape index (κ2) is 3.20. The van der Waals surface area contributed by atoms with Gasteiger partial charge in [0.05, 0.1) is 0 Å². The molecule has 7 heteroatoms. The summed E-state index contributed by atoms with van der Waals surface area (Å²) < 4.78 is 1.67. The van der Waals surface area contributed by atoms with Crippen molar-refractivity contribution in [3.8, 4) is 0 Å². The molecule has 1 aliphatic rings. The Morgan fingerprint density at radius 2 is 2.33 bits per heavy atom. The number of nitrogens with one attached hydrogen (secondary N) is 1. The van der Waals surface area contributed by atoms with Gasteiger partial charge in [0.2, 0.25) is 11.6 Å². The van der Waals surface area contributed by atoms with Crippen LogP contribution >= 0.6 is 0 Å². The molecule has 1 aliphatic carbocycles. The molecule has 0 spiro atoms. The number of imidazole rings is 1. The lowest BCUT2D eigenvalue weighted by Gasteiger charge is -2.04. The Hall–Kier alpha value is -1.63. The van der Waals surface area contributed by atoms with Gasteiger partial charge in [0.15, 0.2) is 0 Å². The number of hydrogen-bond donors (Lipinski definition) is 2. The molecule has 15 heavy (non-hydrogen) atoms. The van der Waals surface area contributed by atoms with Crippen LogP contribution in [0, 0.1) is 17.0 Å². The fourth-order valence-electron chi connectivity index (χ4n) is 1.44. The zero-order valence-corrected chi connectivity index (χ0v) is 8.60. The molecule has 0 aromatic carbocycles. The Bertz CT molecular complexity index is 413. The number of anilines is 1. The molecular weight excluding hydrogens is 198 g/mol. The summed E-state index contributed by atoms with van der Waals surface area (Å²) in [6, 6.07) is 0.235. The van der Waals surface area contributed by atoms with E-state index in [-0.39, 0.29) is 17.9 Å². The smallest absolute Gasteiger partial charge is 0.360 e. The molecule has 0 saturated heterocycles. The SMILES string of the molecule is Cc1nc([N+](=O)[O-])c(NC2CC2N)n1C. The van der Waals surface area contributed by atoms with Crippen molar-refractivity contribution in [2.24, 2.45) is 12.8 Å². The van der Waals surface area contributed by atoms with E-state index >= 15 is 0 Å². The molecule has 3 N–H and O–H groups in total. The molecule has 0 amide bonds. The highest BCUT2D eigenvalue weighted by Gasteiger charge is 2.36. The molecule has 1 fully saturated rings. The molecular formula is C8H13N5O2. The molecule has 2 rings (SSSR count). The molecule has 1 heterocycles. The highest BCUT2D eigenvalue weighted by molar-refractivity contribution is 5.55. The van der Waals surface area contributed by atoms with E-state index in [1.165, 1.54) is 0 Å². The highest BCUT2D eigenvalue weighted by atomic mass is 16.6. The van der Waals surface area contributed by atoms with E-state index in [4.69, 9.17) is 5.73 Å². The summed E-state index contributed by atoms with van der Waals surface area (Å²) in [5, 5.41) is 13.8. The van der Waals surface area contributed by atoms with Gasteiger partial charge in [-0.05, 0) is 16.3 Å². The average Bonchev–Trinajstić information content (AvgIpc) is 2.77. The van der Waals surface area contributed by atoms with Crippen LogP contribution in [0.1, 0.15) is 12.2 Å². The van der Waals surface area contributed by atoms with Crippen LogP contribution in [0.5, 0.6) is 0 Å². The van der Waals surface area contributed by atoms with Gasteiger partial charge >= 0.3 is 5.82 Å². The number of nitrogens with two attached hydrogens (primary N) is 1. The van der Waals surface area contributed by atoms with Crippen molar-refractivity contribution in [3.63, 3.8) is 0 Å². The van der Waals surface area contributed by atoms with Crippen molar-refractivity contribution >= 4 is 11.6 Å². The Morgan fingerprint density at radius 1 is 1.73 bits per heavy atom. The van der Waals surface area contributed by atoms with Crippen LogP contribution in [-0.4, -0.2) is 26.6 Å². The highest BCUT2D eigenvalue weighted by Crippen LogP contribution is 2.29. The number of aryl methyl sites for hydroxylation is 1. The standard InChI is InChI=1S/C8H13N5O2/c1-4-10-8(13(14)15)7(12(4)2)11-6-3-5(6)9/h5-6,11H,3,9H2,1-2H3. The second-order valence-electron chi connectivity index (χ2n) is 3.80. The van der Waals surface area contributed by atoms with Crippen LogP contribution in [-0.2, 0) is 7.05 Å². The van der Waals surface area contributed by atoms with Crippen molar-refractivity contribution in [1.82, 2.24) is 9.55 Å². The van der Waals surface area contributed by atoms with Crippen LogP contribution < -0.4 is 11.1 Å². The minimum absolute atomic E-state index is 0.0970. The maximum absolute atomic E-state index is 10.7. The van der Waals surface area contributed by atoms with E-state index in [2.05, 4.69) is 10.3 Å². The van der Waals surface area contributed by atoms with Gasteiger partial charge in [-0.15, -0.1) is 0 Å². The van der Waals surface area contributed by atoms with Gasteiger partial charge in [-0.2, -0.15) is 0 Å². The molecule has 1 aromatic rings. The summed E-state index contributed by atoms with van der Waals surface area (Å²) in [5.74, 6) is 0.919. The second-order valence-corrected chi connectivity index (χ2v) is 3.80. The van der Waals surface area contributed by atoms with Gasteiger partial charge in [0.1, 0.15) is 0 Å². The average molecular weight is 211 g/mol. The number of nitro groups is 1. The Labute approximate surface area is 86.4 Å². The Balaban J connectivity index is 2.30. The lowest BCUT2D eigenvalue weighted by molar-refractivity contribution is -0.388. The number of rotatable bonds is 3. The Kier molecular flexibility index (Phi) is 2.11. The van der Waals surface area contributed by atoms with E-state index in [0.717, 1.165) is 6.42 Å². The van der Waals surface area contributed by atoms with E-state index in [1.807, 2.05) is 0 Å². The molecule has 0 radical (unpaired) electrons. The lowest BCUT2D eigenvalue weighted by atomic mass is 10.5. The summed E-state index contributed by atoms with van der Waals surface area (Å²) in [5.41, 5.74) is 5.64. The molecule has 0 aliphatic heterocycles. The van der Waals surface area contributed by atoms with Gasteiger partial charge in [0, 0.05) is 26.1 Å². The third-order valence-electron chi connectivity index (χ3n) is 2.64. The minimum atomic E-state index is -0.483. The molecule has 1 saturated carbocycles. The fourth-order valence-corrected chi connectivity index (χ4v) is 1.44. The van der Waals surface area contributed by atoms with Crippen LogP contribution in [0.25, 0.3) is 0 Å². The number of nitrogens with zero attached hydrogens (tertiary/aromatic N) is 3. The molecule has 2 unspecified atom stereocenters. The number of hydrogen-bond acceptors (Lipinski definition) is 5. The maximum Gasteiger partial charge on any atom is 0.406 e. The van der Waals surface area contributed by atoms with Crippen molar-refractivity contribution in [2.75, 3.05) is 5.32 Å². The van der Waals surface area contributed by atoms with E-state index in [9.17, 15) is 10.1 Å². The quantitative estimate of drug-likeness (QED) is 0.547. The van der Waals surface area contributed by atoms with E-state index in [1.54, 1.807) is 18.5 Å². The zero-order valence-electron chi connectivity index (χ0n) is 8.60. The largest absolute Gasteiger partial charge is 0.406 e. The molecule has 0 bridgehead atoms. The van der Waals surface area contributed by atoms with Crippen LogP contribution in [0.3, 0.4) is 0 Å². The summed E-state index contributed by atoms with van der Waals surface area (Å²) in [7, 11) is 1.74. The van der Waals surface area contributed by atoms with Crippen molar-refractivity contribution in [2.45, 2.75) is 25.4 Å². The molecule has 7 nitrogen and oxygen atoms in total. The van der Waals surface area contributed by atoms with Gasteiger partial charge in [0.25, 0.3) is 0 Å². The summed E-state index contributed by atoms with van der Waals surface area (Å²) in [6.07, 6.45) is 0.849. The summed E-state index contributed by atoms with van der Waals surface area (Å²) in [4.78, 5) is 14.1. The molecule has 2 atom stereocenters. The third-order valence-corrected chi connectivity index (χ3v) is 2.64. The van der Waals surface area contributed by atoms with Gasteiger partial charge in [-0.25, -0.2) is 0 Å². The van der Waals surface area contributed by atoms with Crippen molar-refractivity contribution < 1.29 is 4.92 Å². The first-order valence-electron chi connectivity index (χ1n) is 4.70. The van der Waals surface area contributed by atoms with E-state index in [0.29, 0.717) is 11.6 Å². The topological polar surface area (TPSA) is 99.0 Å². The lowest BCUT2D eigenvalue weighted by Crippen LogP contribution is -2.15. The fraction of sp³-hybridized carbons (Fsp3) is 0.625. The first-order chi connectivity index (χ1) is 7.00. The van der Waals surface area contributed by atoms with Gasteiger partial charge < -0.3 is 21.2 Å². The Morgan fingerprint density at radius 3 is 2.80 bits per heavy atom. The first kappa shape index (κ1) is 9.91. The van der Waals surface area contributed by atoms with Crippen LogP contribution in [0.15, 0.2) is 0 Å². The van der Waals surface area contributed by atoms with Gasteiger partial charge in [-0.3, -0.25) is 4.57 Å². The summed E-state index contributed by atoms with van der Waals surface area (Å²) in [6.45, 7) is 1.73. The predicted molar refractivity (Wildman–Crippen MR) is 54.6 cm³/mol. The van der Waals surface area contributed by atoms with Crippen molar-refractivity contribution in [3.05, 3.63) is 15.9 Å². The molecule has 82 valence electrons. The summed E-state index contributed by atoms with van der Waals surface area (Å²) >= 11 is 0. The normalized spacial score (nSPS) is 23.9. The maximum atomic E-state index is 10.7. The van der Waals surface area contributed by atoms with Gasteiger partial charge in [-0.1, -0.05) is 0 Å². The monoisotopic (exact) mass is 211 g/mol. The first-order valence-corrected chi connectivity index (χ1v) is 4.70. The van der Waals surface area contributed by atoms with Crippen molar-refractivity contribution in [1.29, 1.82) is 0 Å². The number of aromatic nitrogens is 2. The predicted octanol–water partition coefficient (Wildman–Crippen LogP) is 0.148. The van der Waals surface area contributed by atoms with Crippen LogP contribution in [0.4, 0.5) is 11.6 Å². The minimum Gasteiger partial charge on any atom is -0.360 e. The zero-order chi connectivity index (χ0) is 11.2.